The molecule has 0 aliphatic rings. The molecule has 3 rings (SSSR count). The molecule has 2 aromatic carbocycles. The van der Waals surface area contributed by atoms with E-state index in [0.29, 0.717) is 0 Å². The highest BCUT2D eigenvalue weighted by Crippen LogP contribution is 2.32. The first-order chi connectivity index (χ1) is 11.2. The molecule has 0 fully saturated rings. The number of benzene rings is 2. The van der Waals surface area contributed by atoms with Crippen molar-refractivity contribution in [2.75, 3.05) is 0 Å². The second-order valence-electron chi connectivity index (χ2n) is 8.08. The molecule has 3 aromatic rings. The first-order valence-corrected chi connectivity index (χ1v) is 8.69. The maximum atomic E-state index is 2.34. The van der Waals surface area contributed by atoms with Crippen LogP contribution in [0.1, 0.15) is 43.0 Å². The molecule has 0 bridgehead atoms. The van der Waals surface area contributed by atoms with Crippen molar-refractivity contribution in [1.82, 2.24) is 0 Å². The molecule has 0 radical (unpaired) electrons. The molecular formula is C23H28N+. The third-order valence-corrected chi connectivity index (χ3v) is 5.07. The van der Waals surface area contributed by atoms with Crippen molar-refractivity contribution in [3.05, 3.63) is 64.8 Å². The number of hydrogen-bond donors (Lipinski definition) is 0. The number of nitrogens with zero attached hydrogens (tertiary/aromatic N) is 1. The van der Waals surface area contributed by atoms with E-state index in [-0.39, 0.29) is 5.41 Å². The van der Waals surface area contributed by atoms with Gasteiger partial charge in [-0.3, -0.25) is 0 Å². The van der Waals surface area contributed by atoms with Crippen molar-refractivity contribution in [3.8, 4) is 11.3 Å². The molecule has 0 aliphatic heterocycles. The first kappa shape index (κ1) is 16.7. The van der Waals surface area contributed by atoms with Crippen LogP contribution in [-0.4, -0.2) is 0 Å². The van der Waals surface area contributed by atoms with Crippen molar-refractivity contribution in [2.45, 2.75) is 47.0 Å². The first-order valence-electron chi connectivity index (χ1n) is 8.69. The molecule has 0 unspecified atom stereocenters. The SMILES string of the molecule is Cc1cc(C)c(C)c(-c2c3ccc(C(C)(C)C)cc3cc[n+]2C)c1. The highest BCUT2D eigenvalue weighted by atomic mass is 14.9. The molecule has 1 heterocycles. The smallest absolute Gasteiger partial charge is 0.200 e. The second kappa shape index (κ2) is 5.73. The van der Waals surface area contributed by atoms with Gasteiger partial charge in [0, 0.05) is 6.07 Å². The minimum atomic E-state index is 0.169. The molecule has 0 N–H and O–H groups in total. The lowest BCUT2D eigenvalue weighted by molar-refractivity contribution is -0.659. The topological polar surface area (TPSA) is 3.88 Å². The summed E-state index contributed by atoms with van der Waals surface area (Å²) in [7, 11) is 2.14. The Kier molecular flexibility index (Phi) is 3.99. The van der Waals surface area contributed by atoms with E-state index in [1.807, 2.05) is 0 Å². The molecule has 1 nitrogen and oxygen atoms in total. The molecule has 0 spiro atoms. The maximum absolute atomic E-state index is 2.34. The number of hydrogen-bond acceptors (Lipinski definition) is 0. The largest absolute Gasteiger partial charge is 0.220 e. The molecule has 0 atom stereocenters. The van der Waals surface area contributed by atoms with E-state index in [9.17, 15) is 0 Å². The van der Waals surface area contributed by atoms with Gasteiger partial charge in [-0.2, -0.15) is 0 Å². The minimum absolute atomic E-state index is 0.169. The molecule has 1 heteroatoms. The molecule has 124 valence electrons. The molecular weight excluding hydrogens is 290 g/mol. The number of rotatable bonds is 1. The molecule has 24 heavy (non-hydrogen) atoms. The maximum Gasteiger partial charge on any atom is 0.220 e. The van der Waals surface area contributed by atoms with Gasteiger partial charge in [0.15, 0.2) is 6.20 Å². The fourth-order valence-electron chi connectivity index (χ4n) is 3.46. The summed E-state index contributed by atoms with van der Waals surface area (Å²) in [6.07, 6.45) is 2.18. The Hall–Kier alpha value is -2.15. The lowest BCUT2D eigenvalue weighted by Gasteiger charge is -2.20. The van der Waals surface area contributed by atoms with Gasteiger partial charge in [-0.1, -0.05) is 44.5 Å². The summed E-state index contributed by atoms with van der Waals surface area (Å²) in [6, 6.07) is 13.7. The zero-order valence-corrected chi connectivity index (χ0v) is 16.0. The van der Waals surface area contributed by atoms with Crippen LogP contribution in [0.25, 0.3) is 22.0 Å². The van der Waals surface area contributed by atoms with E-state index in [1.54, 1.807) is 0 Å². The number of aryl methyl sites for hydroxylation is 3. The Morgan fingerprint density at radius 1 is 0.875 bits per heavy atom. The van der Waals surface area contributed by atoms with Crippen molar-refractivity contribution in [3.63, 3.8) is 0 Å². The normalized spacial score (nSPS) is 12.0. The van der Waals surface area contributed by atoms with Crippen LogP contribution >= 0.6 is 0 Å². The van der Waals surface area contributed by atoms with E-state index in [2.05, 4.69) is 95.8 Å². The fourth-order valence-corrected chi connectivity index (χ4v) is 3.46. The van der Waals surface area contributed by atoms with Crippen LogP contribution in [-0.2, 0) is 12.5 Å². The third-order valence-electron chi connectivity index (χ3n) is 5.07. The third kappa shape index (κ3) is 2.84. The van der Waals surface area contributed by atoms with Crippen LogP contribution in [0.5, 0.6) is 0 Å². The summed E-state index contributed by atoms with van der Waals surface area (Å²) in [5, 5.41) is 2.63. The van der Waals surface area contributed by atoms with Crippen LogP contribution < -0.4 is 4.57 Å². The van der Waals surface area contributed by atoms with E-state index in [1.165, 1.54) is 44.3 Å². The minimum Gasteiger partial charge on any atom is -0.200 e. The highest BCUT2D eigenvalue weighted by Gasteiger charge is 2.20. The van der Waals surface area contributed by atoms with Gasteiger partial charge in [-0.25, -0.2) is 4.57 Å². The molecule has 0 aliphatic carbocycles. The standard InChI is InChI=1S/C23H28N/c1-15-12-16(2)17(3)21(13-15)22-20-9-8-19(23(4,5)6)14-18(20)10-11-24(22)7/h8-14H,1-7H3/q+1. The van der Waals surface area contributed by atoms with Crippen molar-refractivity contribution >= 4 is 10.8 Å². The Labute approximate surface area is 146 Å². The van der Waals surface area contributed by atoms with E-state index in [0.717, 1.165) is 0 Å². The quantitative estimate of drug-likeness (QED) is 0.518. The summed E-state index contributed by atoms with van der Waals surface area (Å²) in [6.45, 7) is 13.4. The number of fused-ring (bicyclic) bond motifs is 1. The Morgan fingerprint density at radius 3 is 2.25 bits per heavy atom. The van der Waals surface area contributed by atoms with E-state index >= 15 is 0 Å². The molecule has 0 saturated heterocycles. The Balaban J connectivity index is 2.35. The lowest BCUT2D eigenvalue weighted by Crippen LogP contribution is -2.31. The summed E-state index contributed by atoms with van der Waals surface area (Å²) in [4.78, 5) is 0. The van der Waals surface area contributed by atoms with Gasteiger partial charge >= 0.3 is 0 Å². The van der Waals surface area contributed by atoms with Crippen LogP contribution in [0, 0.1) is 20.8 Å². The van der Waals surface area contributed by atoms with Gasteiger partial charge in [-0.15, -0.1) is 0 Å². The Bertz CT molecular complexity index is 927. The summed E-state index contributed by atoms with van der Waals surface area (Å²) < 4.78 is 2.25. The zero-order valence-electron chi connectivity index (χ0n) is 16.0. The van der Waals surface area contributed by atoms with Gasteiger partial charge in [0.1, 0.15) is 7.05 Å². The van der Waals surface area contributed by atoms with Gasteiger partial charge in [0.2, 0.25) is 5.69 Å². The van der Waals surface area contributed by atoms with Crippen molar-refractivity contribution < 1.29 is 4.57 Å². The van der Waals surface area contributed by atoms with E-state index < -0.39 is 0 Å². The van der Waals surface area contributed by atoms with Gasteiger partial charge < -0.3 is 0 Å². The number of pyridine rings is 1. The zero-order chi connectivity index (χ0) is 17.6. The van der Waals surface area contributed by atoms with Crippen LogP contribution in [0.3, 0.4) is 0 Å². The van der Waals surface area contributed by atoms with Gasteiger partial charge in [-0.05, 0) is 60.4 Å². The number of aromatic nitrogens is 1. The van der Waals surface area contributed by atoms with Gasteiger partial charge in [0.25, 0.3) is 0 Å². The van der Waals surface area contributed by atoms with Crippen molar-refractivity contribution in [2.24, 2.45) is 7.05 Å². The fraction of sp³-hybridized carbons (Fsp3) is 0.348. The highest BCUT2D eigenvalue weighted by molar-refractivity contribution is 5.94. The summed E-state index contributed by atoms with van der Waals surface area (Å²) in [5.74, 6) is 0. The molecule has 0 saturated carbocycles. The second-order valence-corrected chi connectivity index (χ2v) is 8.08. The summed E-state index contributed by atoms with van der Waals surface area (Å²) >= 11 is 0. The monoisotopic (exact) mass is 318 g/mol. The van der Waals surface area contributed by atoms with Crippen molar-refractivity contribution in [1.29, 1.82) is 0 Å². The van der Waals surface area contributed by atoms with Crippen LogP contribution in [0.15, 0.2) is 42.6 Å². The van der Waals surface area contributed by atoms with Gasteiger partial charge in [0.05, 0.1) is 10.9 Å². The summed E-state index contributed by atoms with van der Waals surface area (Å²) in [5.41, 5.74) is 8.23. The average molecular weight is 318 g/mol. The van der Waals surface area contributed by atoms with Crippen LogP contribution in [0.2, 0.25) is 0 Å². The average Bonchev–Trinajstić information content (AvgIpc) is 2.50. The molecule has 0 amide bonds. The van der Waals surface area contributed by atoms with Crippen LogP contribution in [0.4, 0.5) is 0 Å². The van der Waals surface area contributed by atoms with E-state index in [4.69, 9.17) is 0 Å². The predicted octanol–water partition coefficient (Wildman–Crippen LogP) is 5.55. The predicted molar refractivity (Wildman–Crippen MR) is 103 cm³/mol. The lowest BCUT2D eigenvalue weighted by atomic mass is 9.85. The molecule has 1 aromatic heterocycles. The Morgan fingerprint density at radius 2 is 1.58 bits per heavy atom.